The second kappa shape index (κ2) is 3.19. The van der Waals surface area contributed by atoms with E-state index in [0.717, 1.165) is 0 Å². The van der Waals surface area contributed by atoms with E-state index in [2.05, 4.69) is 5.32 Å². The number of ketones is 1. The van der Waals surface area contributed by atoms with E-state index in [1.54, 1.807) is 0 Å². The zero-order chi connectivity index (χ0) is 7.44. The Bertz CT molecular complexity index is 132. The minimum atomic E-state index is -1.39. The second-order valence-electron chi connectivity index (χ2n) is 1.68. The van der Waals surface area contributed by atoms with Gasteiger partial charge in [-0.25, -0.2) is 4.79 Å². The van der Waals surface area contributed by atoms with Crippen LogP contribution in [0.5, 0.6) is 0 Å². The van der Waals surface area contributed by atoms with Crippen molar-refractivity contribution in [1.29, 1.82) is 0 Å². The zero-order valence-corrected chi connectivity index (χ0v) is 5.34. The first-order valence-electron chi connectivity index (χ1n) is 2.54. The average Bonchev–Trinajstić information content (AvgIpc) is 1.84. The summed E-state index contributed by atoms with van der Waals surface area (Å²) in [5.74, 6) is -2.20. The van der Waals surface area contributed by atoms with Crippen molar-refractivity contribution >= 4 is 11.8 Å². The first kappa shape index (κ1) is 8.10. The number of carboxylic acid groups (broad SMARTS) is 1. The highest BCUT2D eigenvalue weighted by Crippen LogP contribution is 1.81. The molecular formula is C5H9NO3. The molecule has 4 nitrogen and oxygen atoms in total. The lowest BCUT2D eigenvalue weighted by Crippen LogP contribution is -2.35. The van der Waals surface area contributed by atoms with Gasteiger partial charge in [-0.3, -0.25) is 4.79 Å². The highest BCUT2D eigenvalue weighted by molar-refractivity contribution is 6.34. The van der Waals surface area contributed by atoms with Crippen molar-refractivity contribution in [1.82, 2.24) is 5.32 Å². The predicted molar refractivity (Wildman–Crippen MR) is 31.2 cm³/mol. The molecule has 0 aliphatic heterocycles. The summed E-state index contributed by atoms with van der Waals surface area (Å²) in [5.41, 5.74) is 0. The number of carbonyl (C=O) groups is 2. The Morgan fingerprint density at radius 2 is 2.00 bits per heavy atom. The molecule has 0 bridgehead atoms. The molecule has 0 aromatic rings. The van der Waals surface area contributed by atoms with E-state index in [1.807, 2.05) is 0 Å². The summed E-state index contributed by atoms with van der Waals surface area (Å²) >= 11 is 0. The van der Waals surface area contributed by atoms with Gasteiger partial charge in [0.2, 0.25) is 0 Å². The number of likely N-dealkylation sites (N-methyl/N-ethyl adjacent to an activating group) is 1. The molecule has 4 heteroatoms. The summed E-state index contributed by atoms with van der Waals surface area (Å²) < 4.78 is 0. The summed E-state index contributed by atoms with van der Waals surface area (Å²) in [6, 6.07) is -0.595. The molecule has 1 atom stereocenters. The van der Waals surface area contributed by atoms with Gasteiger partial charge in [0.05, 0.1) is 6.04 Å². The van der Waals surface area contributed by atoms with Crippen LogP contribution in [0.1, 0.15) is 6.92 Å². The van der Waals surface area contributed by atoms with E-state index in [9.17, 15) is 9.59 Å². The monoisotopic (exact) mass is 131 g/mol. The van der Waals surface area contributed by atoms with Crippen LogP contribution in [0.2, 0.25) is 0 Å². The van der Waals surface area contributed by atoms with Gasteiger partial charge in [-0.1, -0.05) is 0 Å². The summed E-state index contributed by atoms with van der Waals surface area (Å²) in [6.45, 7) is 1.50. The van der Waals surface area contributed by atoms with Crippen LogP contribution in [0.3, 0.4) is 0 Å². The molecule has 0 saturated carbocycles. The minimum absolute atomic E-state index is 0.595. The number of carboxylic acids is 1. The molecule has 0 heterocycles. The fourth-order valence-electron chi connectivity index (χ4n) is 0.316. The van der Waals surface area contributed by atoms with Crippen LogP contribution >= 0.6 is 0 Å². The molecule has 52 valence electrons. The van der Waals surface area contributed by atoms with Crippen LogP contribution in [-0.4, -0.2) is 29.9 Å². The van der Waals surface area contributed by atoms with Gasteiger partial charge < -0.3 is 10.4 Å². The molecule has 0 rings (SSSR count). The largest absolute Gasteiger partial charge is 0.475 e. The van der Waals surface area contributed by atoms with Gasteiger partial charge in [-0.05, 0) is 14.0 Å². The number of rotatable bonds is 3. The standard InChI is InChI=1S/C5H9NO3/c1-3(6-2)4(7)5(8)9/h3,6H,1-2H3,(H,8,9)/t3-/m0/s1. The summed E-state index contributed by atoms with van der Waals surface area (Å²) in [4.78, 5) is 20.3. The Morgan fingerprint density at radius 1 is 1.56 bits per heavy atom. The zero-order valence-electron chi connectivity index (χ0n) is 5.34. The lowest BCUT2D eigenvalue weighted by Gasteiger charge is -2.02. The molecular weight excluding hydrogens is 122 g/mol. The highest BCUT2D eigenvalue weighted by atomic mass is 16.4. The van der Waals surface area contributed by atoms with Gasteiger partial charge >= 0.3 is 5.97 Å². The maximum absolute atomic E-state index is 10.4. The Kier molecular flexibility index (Phi) is 2.87. The van der Waals surface area contributed by atoms with Crippen LogP contribution in [-0.2, 0) is 9.59 Å². The van der Waals surface area contributed by atoms with Crippen molar-refractivity contribution in [2.75, 3.05) is 7.05 Å². The van der Waals surface area contributed by atoms with Crippen LogP contribution < -0.4 is 5.32 Å². The Balaban J connectivity index is 3.88. The third kappa shape index (κ3) is 2.23. The van der Waals surface area contributed by atoms with E-state index < -0.39 is 17.8 Å². The summed E-state index contributed by atoms with van der Waals surface area (Å²) in [6.07, 6.45) is 0. The Hall–Kier alpha value is -0.900. The number of hydrogen-bond acceptors (Lipinski definition) is 3. The lowest BCUT2D eigenvalue weighted by atomic mass is 10.2. The molecule has 9 heavy (non-hydrogen) atoms. The molecule has 0 amide bonds. The minimum Gasteiger partial charge on any atom is -0.475 e. The van der Waals surface area contributed by atoms with Crippen LogP contribution in [0.25, 0.3) is 0 Å². The third-order valence-corrected chi connectivity index (χ3v) is 1.04. The van der Waals surface area contributed by atoms with Gasteiger partial charge in [-0.15, -0.1) is 0 Å². The molecule has 0 aromatic heterocycles. The first-order chi connectivity index (χ1) is 4.09. The van der Waals surface area contributed by atoms with Crippen molar-refractivity contribution in [3.63, 3.8) is 0 Å². The quantitative estimate of drug-likeness (QED) is 0.494. The predicted octanol–water partition coefficient (Wildman–Crippen LogP) is -0.752. The van der Waals surface area contributed by atoms with E-state index in [0.29, 0.717) is 0 Å². The van der Waals surface area contributed by atoms with E-state index in [1.165, 1.54) is 14.0 Å². The molecule has 0 aliphatic rings. The summed E-state index contributed by atoms with van der Waals surface area (Å²) in [7, 11) is 1.53. The number of Topliss-reactive ketones (excluding diaryl/α,β-unsaturated/α-hetero) is 1. The molecule has 0 radical (unpaired) electrons. The van der Waals surface area contributed by atoms with E-state index >= 15 is 0 Å². The van der Waals surface area contributed by atoms with Crippen molar-refractivity contribution in [3.05, 3.63) is 0 Å². The van der Waals surface area contributed by atoms with Crippen molar-refractivity contribution in [2.24, 2.45) is 0 Å². The molecule has 2 N–H and O–H groups in total. The number of hydrogen-bond donors (Lipinski definition) is 2. The fraction of sp³-hybridized carbons (Fsp3) is 0.600. The van der Waals surface area contributed by atoms with Crippen LogP contribution in [0.15, 0.2) is 0 Å². The second-order valence-corrected chi connectivity index (χ2v) is 1.68. The van der Waals surface area contributed by atoms with Crippen molar-refractivity contribution in [3.8, 4) is 0 Å². The van der Waals surface area contributed by atoms with Crippen molar-refractivity contribution < 1.29 is 14.7 Å². The lowest BCUT2D eigenvalue weighted by molar-refractivity contribution is -0.149. The highest BCUT2D eigenvalue weighted by Gasteiger charge is 2.17. The maximum Gasteiger partial charge on any atom is 0.373 e. The average molecular weight is 131 g/mol. The fourth-order valence-corrected chi connectivity index (χ4v) is 0.316. The van der Waals surface area contributed by atoms with E-state index in [-0.39, 0.29) is 0 Å². The Morgan fingerprint density at radius 3 is 2.11 bits per heavy atom. The molecule has 0 fully saturated rings. The normalized spacial score (nSPS) is 12.7. The molecule has 0 spiro atoms. The van der Waals surface area contributed by atoms with Crippen molar-refractivity contribution in [2.45, 2.75) is 13.0 Å². The number of carbonyl (C=O) groups excluding carboxylic acids is 1. The van der Waals surface area contributed by atoms with Gasteiger partial charge in [0.25, 0.3) is 5.78 Å². The number of aliphatic carboxylic acids is 1. The van der Waals surface area contributed by atoms with Gasteiger partial charge in [0, 0.05) is 0 Å². The SMILES string of the molecule is CN[C@@H](C)C(=O)C(=O)O. The molecule has 0 saturated heterocycles. The Labute approximate surface area is 52.9 Å². The third-order valence-electron chi connectivity index (χ3n) is 1.04. The maximum atomic E-state index is 10.4. The van der Waals surface area contributed by atoms with Gasteiger partial charge in [0.1, 0.15) is 0 Å². The summed E-state index contributed by atoms with van der Waals surface area (Å²) in [5, 5.41) is 10.6. The first-order valence-corrected chi connectivity index (χ1v) is 2.54. The number of nitrogens with one attached hydrogen (secondary N) is 1. The van der Waals surface area contributed by atoms with Gasteiger partial charge in [-0.2, -0.15) is 0 Å². The van der Waals surface area contributed by atoms with E-state index in [4.69, 9.17) is 5.11 Å². The molecule has 0 aromatic carbocycles. The topological polar surface area (TPSA) is 66.4 Å². The van der Waals surface area contributed by atoms with Crippen LogP contribution in [0.4, 0.5) is 0 Å². The smallest absolute Gasteiger partial charge is 0.373 e. The van der Waals surface area contributed by atoms with Crippen LogP contribution in [0, 0.1) is 0 Å². The van der Waals surface area contributed by atoms with Gasteiger partial charge in [0.15, 0.2) is 0 Å². The molecule has 0 unspecified atom stereocenters. The molecule has 0 aliphatic carbocycles.